The van der Waals surface area contributed by atoms with Crippen LogP contribution in [0.3, 0.4) is 0 Å². The van der Waals surface area contributed by atoms with E-state index in [1.807, 2.05) is 19.4 Å². The third-order valence-electron chi connectivity index (χ3n) is 3.89. The second-order valence-corrected chi connectivity index (χ2v) is 5.67. The molecule has 2 nitrogen and oxygen atoms in total. The zero-order valence-electron chi connectivity index (χ0n) is 12.9. The number of likely N-dealkylation sites (N-methyl/N-ethyl adjacent to an activating group) is 1. The predicted molar refractivity (Wildman–Crippen MR) is 85.0 cm³/mol. The van der Waals surface area contributed by atoms with Gasteiger partial charge in [0.1, 0.15) is 0 Å². The van der Waals surface area contributed by atoms with Crippen LogP contribution >= 0.6 is 0 Å². The highest BCUT2D eigenvalue weighted by molar-refractivity contribution is 5.30. The summed E-state index contributed by atoms with van der Waals surface area (Å²) >= 11 is 0. The molecular weight excluding hydrogens is 244 g/mol. The average molecular weight is 268 g/mol. The monoisotopic (exact) mass is 268 g/mol. The number of hydrogen-bond donors (Lipinski definition) is 1. The number of benzene rings is 1. The Kier molecular flexibility index (Phi) is 4.91. The lowest BCUT2D eigenvalue weighted by molar-refractivity contribution is 0.586. The summed E-state index contributed by atoms with van der Waals surface area (Å²) in [6.07, 6.45) is 4.81. The Labute approximate surface area is 122 Å². The van der Waals surface area contributed by atoms with Crippen molar-refractivity contribution in [2.45, 2.75) is 39.2 Å². The van der Waals surface area contributed by atoms with Crippen molar-refractivity contribution >= 4 is 0 Å². The molecule has 0 fully saturated rings. The molecule has 2 heteroatoms. The number of nitrogens with one attached hydrogen (secondary N) is 1. The molecular formula is C18H24N2. The molecule has 0 saturated carbocycles. The van der Waals surface area contributed by atoms with Gasteiger partial charge in [-0.05, 0) is 54.6 Å². The first kappa shape index (κ1) is 14.7. The van der Waals surface area contributed by atoms with Crippen LogP contribution in [0.5, 0.6) is 0 Å². The lowest BCUT2D eigenvalue weighted by Gasteiger charge is -2.19. The third kappa shape index (κ3) is 3.45. The zero-order chi connectivity index (χ0) is 14.5. The molecule has 1 aromatic carbocycles. The molecule has 20 heavy (non-hydrogen) atoms. The van der Waals surface area contributed by atoms with E-state index in [1.165, 1.54) is 22.3 Å². The summed E-state index contributed by atoms with van der Waals surface area (Å²) in [5.74, 6) is 0.588. The van der Waals surface area contributed by atoms with E-state index >= 15 is 0 Å². The highest BCUT2D eigenvalue weighted by atomic mass is 14.9. The molecule has 106 valence electrons. The van der Waals surface area contributed by atoms with Crippen molar-refractivity contribution < 1.29 is 0 Å². The molecule has 0 aliphatic rings. The largest absolute Gasteiger partial charge is 0.313 e. The van der Waals surface area contributed by atoms with Gasteiger partial charge < -0.3 is 5.32 Å². The number of rotatable bonds is 5. The predicted octanol–water partition coefficient (Wildman–Crippen LogP) is 4.02. The molecule has 1 aromatic heterocycles. The van der Waals surface area contributed by atoms with Crippen LogP contribution in [0.4, 0.5) is 0 Å². The van der Waals surface area contributed by atoms with Crippen LogP contribution in [0.25, 0.3) is 0 Å². The molecule has 1 atom stereocenters. The van der Waals surface area contributed by atoms with E-state index in [4.69, 9.17) is 0 Å². The van der Waals surface area contributed by atoms with Gasteiger partial charge in [-0.1, -0.05) is 38.1 Å². The van der Waals surface area contributed by atoms with Crippen LogP contribution in [-0.2, 0) is 6.42 Å². The Balaban J connectivity index is 2.16. The number of nitrogens with zero attached hydrogens (tertiary/aromatic N) is 1. The Morgan fingerprint density at radius 3 is 2.35 bits per heavy atom. The first-order valence-corrected chi connectivity index (χ1v) is 7.28. The minimum Gasteiger partial charge on any atom is -0.313 e. The lowest BCUT2D eigenvalue weighted by Crippen LogP contribution is -2.20. The molecule has 0 aliphatic heterocycles. The van der Waals surface area contributed by atoms with Gasteiger partial charge in [0.2, 0.25) is 0 Å². The third-order valence-corrected chi connectivity index (χ3v) is 3.89. The van der Waals surface area contributed by atoms with Crippen LogP contribution in [0.1, 0.15) is 48.1 Å². The minimum atomic E-state index is 0.314. The van der Waals surface area contributed by atoms with Gasteiger partial charge in [0.05, 0.1) is 0 Å². The topological polar surface area (TPSA) is 24.9 Å². The first-order valence-electron chi connectivity index (χ1n) is 7.28. The van der Waals surface area contributed by atoms with Crippen molar-refractivity contribution in [2.75, 3.05) is 7.05 Å². The highest BCUT2D eigenvalue weighted by Crippen LogP contribution is 2.22. The Morgan fingerprint density at radius 2 is 1.80 bits per heavy atom. The standard InChI is InChI=1S/C18H24N2/c1-13(2)16-7-5-15(6-8-16)11-18(19-4)17-12-20-10-9-14(17)3/h5-10,12-13,18-19H,11H2,1-4H3. The van der Waals surface area contributed by atoms with Crippen molar-refractivity contribution in [1.29, 1.82) is 0 Å². The molecule has 0 spiro atoms. The number of aryl methyl sites for hydroxylation is 1. The summed E-state index contributed by atoms with van der Waals surface area (Å²) < 4.78 is 0. The fourth-order valence-corrected chi connectivity index (χ4v) is 2.48. The van der Waals surface area contributed by atoms with Crippen molar-refractivity contribution in [2.24, 2.45) is 0 Å². The first-order chi connectivity index (χ1) is 9.61. The van der Waals surface area contributed by atoms with Gasteiger partial charge in [-0.3, -0.25) is 4.98 Å². The second-order valence-electron chi connectivity index (χ2n) is 5.67. The fraction of sp³-hybridized carbons (Fsp3) is 0.389. The Bertz CT molecular complexity index is 544. The van der Waals surface area contributed by atoms with Crippen molar-refractivity contribution in [1.82, 2.24) is 10.3 Å². The molecule has 2 aromatic rings. The van der Waals surface area contributed by atoms with E-state index < -0.39 is 0 Å². The molecule has 0 radical (unpaired) electrons. The smallest absolute Gasteiger partial charge is 0.0376 e. The molecule has 1 unspecified atom stereocenters. The van der Waals surface area contributed by atoms with Gasteiger partial charge in [-0.15, -0.1) is 0 Å². The van der Waals surface area contributed by atoms with Gasteiger partial charge >= 0.3 is 0 Å². The van der Waals surface area contributed by atoms with Crippen LogP contribution in [0.15, 0.2) is 42.7 Å². The van der Waals surface area contributed by atoms with Crippen LogP contribution in [0.2, 0.25) is 0 Å². The normalized spacial score (nSPS) is 12.7. The maximum atomic E-state index is 4.25. The van der Waals surface area contributed by atoms with Gasteiger partial charge in [-0.25, -0.2) is 0 Å². The van der Waals surface area contributed by atoms with E-state index in [-0.39, 0.29) is 0 Å². The van der Waals surface area contributed by atoms with Crippen molar-refractivity contribution in [3.63, 3.8) is 0 Å². The van der Waals surface area contributed by atoms with Gasteiger partial charge in [0, 0.05) is 18.4 Å². The van der Waals surface area contributed by atoms with Crippen molar-refractivity contribution in [3.8, 4) is 0 Å². The molecule has 1 N–H and O–H groups in total. The molecule has 0 saturated heterocycles. The average Bonchev–Trinajstić information content (AvgIpc) is 2.46. The fourth-order valence-electron chi connectivity index (χ4n) is 2.48. The molecule has 0 amide bonds. The van der Waals surface area contributed by atoms with E-state index in [0.717, 1.165) is 6.42 Å². The lowest BCUT2D eigenvalue weighted by atomic mass is 9.95. The molecule has 0 bridgehead atoms. The van der Waals surface area contributed by atoms with Gasteiger partial charge in [0.25, 0.3) is 0 Å². The van der Waals surface area contributed by atoms with E-state index in [2.05, 4.69) is 61.4 Å². The van der Waals surface area contributed by atoms with Crippen LogP contribution in [-0.4, -0.2) is 12.0 Å². The maximum Gasteiger partial charge on any atom is 0.0376 e. The van der Waals surface area contributed by atoms with E-state index in [0.29, 0.717) is 12.0 Å². The van der Waals surface area contributed by atoms with Crippen LogP contribution in [0, 0.1) is 6.92 Å². The van der Waals surface area contributed by atoms with Crippen LogP contribution < -0.4 is 5.32 Å². The number of aromatic nitrogens is 1. The highest BCUT2D eigenvalue weighted by Gasteiger charge is 2.12. The van der Waals surface area contributed by atoms with Gasteiger partial charge in [-0.2, -0.15) is 0 Å². The summed E-state index contributed by atoms with van der Waals surface area (Å²) in [5, 5.41) is 3.41. The summed E-state index contributed by atoms with van der Waals surface area (Å²) in [6.45, 7) is 6.60. The number of pyridine rings is 1. The zero-order valence-corrected chi connectivity index (χ0v) is 12.9. The summed E-state index contributed by atoms with van der Waals surface area (Å²) in [5.41, 5.74) is 5.32. The molecule has 0 aliphatic carbocycles. The summed E-state index contributed by atoms with van der Waals surface area (Å²) in [6, 6.07) is 11.3. The summed E-state index contributed by atoms with van der Waals surface area (Å²) in [4.78, 5) is 4.25. The minimum absolute atomic E-state index is 0.314. The Morgan fingerprint density at radius 1 is 1.10 bits per heavy atom. The Hall–Kier alpha value is -1.67. The SMILES string of the molecule is CNC(Cc1ccc(C(C)C)cc1)c1cnccc1C. The van der Waals surface area contributed by atoms with E-state index in [1.54, 1.807) is 0 Å². The van der Waals surface area contributed by atoms with E-state index in [9.17, 15) is 0 Å². The van der Waals surface area contributed by atoms with Gasteiger partial charge in [0.15, 0.2) is 0 Å². The molecule has 1 heterocycles. The quantitative estimate of drug-likeness (QED) is 0.886. The second kappa shape index (κ2) is 6.67. The molecule has 2 rings (SSSR count). The summed E-state index contributed by atoms with van der Waals surface area (Å²) in [7, 11) is 2.01. The maximum absolute atomic E-state index is 4.25. The number of hydrogen-bond acceptors (Lipinski definition) is 2. The van der Waals surface area contributed by atoms with Crippen molar-refractivity contribution in [3.05, 3.63) is 65.0 Å².